The Morgan fingerprint density at radius 3 is 2.48 bits per heavy atom. The summed E-state index contributed by atoms with van der Waals surface area (Å²) >= 11 is 0. The van der Waals surface area contributed by atoms with Crippen LogP contribution in [0.5, 0.6) is 11.5 Å². The zero-order valence-corrected chi connectivity index (χ0v) is 16.1. The van der Waals surface area contributed by atoms with Crippen LogP contribution < -0.4 is 9.47 Å². The number of amides is 1. The number of hydrogen-bond donors (Lipinski definition) is 0. The van der Waals surface area contributed by atoms with E-state index in [0.717, 1.165) is 45.7 Å². The Bertz CT molecular complexity index is 585. The molecule has 0 aromatic heterocycles. The standard InChI is InChI=1S/C20H30N2O5/c1-24-18-4-2-3-5-19(18)27-16-20(23)22(17-6-12-25-13-7-17)9-8-21-10-14-26-15-11-21/h2-5,17H,6-16H2,1H3. The van der Waals surface area contributed by atoms with Crippen LogP contribution in [0.1, 0.15) is 12.8 Å². The van der Waals surface area contributed by atoms with Gasteiger partial charge in [-0.3, -0.25) is 9.69 Å². The molecule has 1 aromatic carbocycles. The maximum atomic E-state index is 13.0. The van der Waals surface area contributed by atoms with E-state index >= 15 is 0 Å². The molecule has 2 fully saturated rings. The fraction of sp³-hybridized carbons (Fsp3) is 0.650. The molecule has 0 N–H and O–H groups in total. The Labute approximate surface area is 161 Å². The topological polar surface area (TPSA) is 60.5 Å². The molecule has 0 saturated carbocycles. The predicted molar refractivity (Wildman–Crippen MR) is 101 cm³/mol. The Morgan fingerprint density at radius 1 is 1.11 bits per heavy atom. The van der Waals surface area contributed by atoms with Crippen LogP contribution >= 0.6 is 0 Å². The van der Waals surface area contributed by atoms with Gasteiger partial charge in [0.25, 0.3) is 5.91 Å². The highest BCUT2D eigenvalue weighted by atomic mass is 16.5. The quantitative estimate of drug-likeness (QED) is 0.682. The molecule has 7 heteroatoms. The number of carbonyl (C=O) groups excluding carboxylic acids is 1. The van der Waals surface area contributed by atoms with Gasteiger partial charge in [-0.05, 0) is 25.0 Å². The number of ether oxygens (including phenoxy) is 4. The van der Waals surface area contributed by atoms with Crippen molar-refractivity contribution >= 4 is 5.91 Å². The summed E-state index contributed by atoms with van der Waals surface area (Å²) in [4.78, 5) is 17.3. The van der Waals surface area contributed by atoms with Crippen molar-refractivity contribution < 1.29 is 23.7 Å². The summed E-state index contributed by atoms with van der Waals surface area (Å²) in [5.41, 5.74) is 0. The van der Waals surface area contributed by atoms with E-state index in [9.17, 15) is 4.79 Å². The largest absolute Gasteiger partial charge is 0.493 e. The van der Waals surface area contributed by atoms with Crippen molar-refractivity contribution in [2.75, 3.05) is 66.3 Å². The van der Waals surface area contributed by atoms with Gasteiger partial charge >= 0.3 is 0 Å². The molecule has 3 rings (SSSR count). The average molecular weight is 378 g/mol. The summed E-state index contributed by atoms with van der Waals surface area (Å²) in [5.74, 6) is 1.24. The van der Waals surface area contributed by atoms with Crippen molar-refractivity contribution in [1.29, 1.82) is 0 Å². The van der Waals surface area contributed by atoms with Crippen molar-refractivity contribution in [1.82, 2.24) is 9.80 Å². The van der Waals surface area contributed by atoms with Crippen LogP contribution in [-0.4, -0.2) is 88.1 Å². The van der Waals surface area contributed by atoms with E-state index < -0.39 is 0 Å². The molecule has 2 aliphatic heterocycles. The monoisotopic (exact) mass is 378 g/mol. The number of benzene rings is 1. The molecule has 27 heavy (non-hydrogen) atoms. The number of methoxy groups -OCH3 is 1. The van der Waals surface area contributed by atoms with E-state index in [-0.39, 0.29) is 18.6 Å². The van der Waals surface area contributed by atoms with Crippen molar-refractivity contribution in [3.8, 4) is 11.5 Å². The van der Waals surface area contributed by atoms with Gasteiger partial charge in [-0.2, -0.15) is 0 Å². The van der Waals surface area contributed by atoms with E-state index in [0.29, 0.717) is 31.3 Å². The average Bonchev–Trinajstić information content (AvgIpc) is 2.74. The minimum Gasteiger partial charge on any atom is -0.493 e. The molecular weight excluding hydrogens is 348 g/mol. The number of carbonyl (C=O) groups is 1. The lowest BCUT2D eigenvalue weighted by molar-refractivity contribution is -0.138. The van der Waals surface area contributed by atoms with Gasteiger partial charge in [0.15, 0.2) is 18.1 Å². The maximum absolute atomic E-state index is 13.0. The van der Waals surface area contributed by atoms with Gasteiger partial charge in [-0.1, -0.05) is 12.1 Å². The van der Waals surface area contributed by atoms with E-state index in [1.807, 2.05) is 29.2 Å². The fourth-order valence-corrected chi connectivity index (χ4v) is 3.54. The van der Waals surface area contributed by atoms with Gasteiger partial charge in [0, 0.05) is 45.4 Å². The highest BCUT2D eigenvalue weighted by molar-refractivity contribution is 5.78. The SMILES string of the molecule is COc1ccccc1OCC(=O)N(CCN1CCOCC1)C1CCOCC1. The first kappa shape index (κ1) is 19.9. The zero-order chi connectivity index (χ0) is 18.9. The second-order valence-corrected chi connectivity index (χ2v) is 6.82. The van der Waals surface area contributed by atoms with Crippen LogP contribution in [0.15, 0.2) is 24.3 Å². The number of nitrogens with zero attached hydrogens (tertiary/aromatic N) is 2. The third kappa shape index (κ3) is 5.82. The Morgan fingerprint density at radius 2 is 1.78 bits per heavy atom. The van der Waals surface area contributed by atoms with Crippen LogP contribution in [0, 0.1) is 0 Å². The van der Waals surface area contributed by atoms with Gasteiger partial charge < -0.3 is 23.8 Å². The van der Waals surface area contributed by atoms with Crippen molar-refractivity contribution in [2.45, 2.75) is 18.9 Å². The van der Waals surface area contributed by atoms with Gasteiger partial charge in [-0.15, -0.1) is 0 Å². The summed E-state index contributed by atoms with van der Waals surface area (Å²) < 4.78 is 21.9. The lowest BCUT2D eigenvalue weighted by Crippen LogP contribution is -2.49. The zero-order valence-electron chi connectivity index (χ0n) is 16.1. The Kier molecular flexibility index (Phi) is 7.74. The third-order valence-electron chi connectivity index (χ3n) is 5.13. The maximum Gasteiger partial charge on any atom is 0.260 e. The van der Waals surface area contributed by atoms with Crippen LogP contribution in [0.25, 0.3) is 0 Å². The first-order valence-corrected chi connectivity index (χ1v) is 9.71. The van der Waals surface area contributed by atoms with Gasteiger partial charge in [-0.25, -0.2) is 0 Å². The normalized spacial score (nSPS) is 18.9. The first-order valence-electron chi connectivity index (χ1n) is 9.71. The second kappa shape index (κ2) is 10.5. The minimum absolute atomic E-state index is 0.0147. The summed E-state index contributed by atoms with van der Waals surface area (Å²) in [6.45, 7) is 6.38. The second-order valence-electron chi connectivity index (χ2n) is 6.82. The molecule has 0 unspecified atom stereocenters. The lowest BCUT2D eigenvalue weighted by Gasteiger charge is -2.36. The van der Waals surface area contributed by atoms with Crippen LogP contribution in [0.4, 0.5) is 0 Å². The molecule has 1 aromatic rings. The number of hydrogen-bond acceptors (Lipinski definition) is 6. The highest BCUT2D eigenvalue weighted by Crippen LogP contribution is 2.26. The molecule has 2 heterocycles. The number of para-hydroxylation sites is 2. The molecule has 0 bridgehead atoms. The summed E-state index contributed by atoms with van der Waals surface area (Å²) in [5, 5.41) is 0. The smallest absolute Gasteiger partial charge is 0.260 e. The summed E-state index contributed by atoms with van der Waals surface area (Å²) in [6, 6.07) is 7.61. The number of morpholine rings is 1. The third-order valence-corrected chi connectivity index (χ3v) is 5.13. The van der Waals surface area contributed by atoms with Crippen LogP contribution in [0.2, 0.25) is 0 Å². The molecule has 1 amide bonds. The molecule has 0 atom stereocenters. The van der Waals surface area contributed by atoms with E-state index in [1.165, 1.54) is 0 Å². The van der Waals surface area contributed by atoms with Gasteiger partial charge in [0.1, 0.15) is 0 Å². The summed E-state index contributed by atoms with van der Waals surface area (Å²) in [7, 11) is 1.60. The van der Waals surface area contributed by atoms with E-state index in [1.54, 1.807) is 7.11 Å². The molecule has 0 radical (unpaired) electrons. The summed E-state index contributed by atoms with van der Waals surface area (Å²) in [6.07, 6.45) is 1.76. The van der Waals surface area contributed by atoms with E-state index in [4.69, 9.17) is 18.9 Å². The van der Waals surface area contributed by atoms with Crippen molar-refractivity contribution in [2.24, 2.45) is 0 Å². The Balaban J connectivity index is 1.58. The minimum atomic E-state index is 0.0147. The molecule has 2 aliphatic rings. The highest BCUT2D eigenvalue weighted by Gasteiger charge is 2.27. The molecule has 0 spiro atoms. The number of rotatable bonds is 8. The fourth-order valence-electron chi connectivity index (χ4n) is 3.54. The molecule has 0 aliphatic carbocycles. The predicted octanol–water partition coefficient (Wildman–Crippen LogP) is 1.41. The Hall–Kier alpha value is -1.83. The molecular formula is C20H30N2O5. The van der Waals surface area contributed by atoms with Crippen LogP contribution in [0.3, 0.4) is 0 Å². The first-order chi connectivity index (χ1) is 13.3. The molecule has 2 saturated heterocycles. The van der Waals surface area contributed by atoms with Crippen molar-refractivity contribution in [3.05, 3.63) is 24.3 Å². The van der Waals surface area contributed by atoms with Crippen LogP contribution in [-0.2, 0) is 14.3 Å². The van der Waals surface area contributed by atoms with Gasteiger partial charge in [0.2, 0.25) is 0 Å². The van der Waals surface area contributed by atoms with E-state index in [2.05, 4.69) is 4.90 Å². The van der Waals surface area contributed by atoms with Gasteiger partial charge in [0.05, 0.1) is 20.3 Å². The lowest BCUT2D eigenvalue weighted by atomic mass is 10.1. The van der Waals surface area contributed by atoms with Crippen molar-refractivity contribution in [3.63, 3.8) is 0 Å². The molecule has 7 nitrogen and oxygen atoms in total. The molecule has 150 valence electrons.